The molecule has 124 valence electrons. The smallest absolute Gasteiger partial charge is 0.148 e. The quantitative estimate of drug-likeness (QED) is 0.669. The van der Waals surface area contributed by atoms with Gasteiger partial charge in [-0.1, -0.05) is 0 Å². The van der Waals surface area contributed by atoms with E-state index in [4.69, 9.17) is 15.5 Å². The van der Waals surface area contributed by atoms with Crippen molar-refractivity contribution in [2.75, 3.05) is 13.2 Å². The van der Waals surface area contributed by atoms with Crippen molar-refractivity contribution in [2.45, 2.75) is 45.4 Å². The number of benzene rings is 1. The number of ketones is 2. The highest BCUT2D eigenvalue weighted by atomic mass is 16.6. The fourth-order valence-corrected chi connectivity index (χ4v) is 4.12. The minimum absolute atomic E-state index is 0.0377. The van der Waals surface area contributed by atoms with Gasteiger partial charge < -0.3 is 9.57 Å². The van der Waals surface area contributed by atoms with Crippen molar-refractivity contribution < 1.29 is 19.2 Å². The van der Waals surface area contributed by atoms with Crippen LogP contribution in [0, 0.1) is 19.3 Å². The Morgan fingerprint density at radius 3 is 2.09 bits per heavy atom. The number of carbonyl (C=O) groups excluding carboxylic acids is 2. The van der Waals surface area contributed by atoms with Gasteiger partial charge in [-0.2, -0.15) is 5.90 Å². The zero-order valence-corrected chi connectivity index (χ0v) is 13.7. The van der Waals surface area contributed by atoms with Gasteiger partial charge in [0.25, 0.3) is 0 Å². The number of hydrogen-bond acceptors (Lipinski definition) is 5. The van der Waals surface area contributed by atoms with Crippen molar-refractivity contribution in [3.05, 3.63) is 28.8 Å². The summed E-state index contributed by atoms with van der Waals surface area (Å²) >= 11 is 0. The van der Waals surface area contributed by atoms with Gasteiger partial charge in [-0.05, 0) is 60.9 Å². The van der Waals surface area contributed by atoms with Crippen LogP contribution in [0.3, 0.4) is 0 Å². The molecule has 5 heteroatoms. The molecule has 1 saturated heterocycles. The maximum absolute atomic E-state index is 12.8. The maximum atomic E-state index is 12.8. The van der Waals surface area contributed by atoms with Gasteiger partial charge in [-0.25, -0.2) is 0 Å². The Hall–Kier alpha value is -1.72. The largest absolute Gasteiger partial charge is 0.412 e. The molecule has 0 atom stereocenters. The van der Waals surface area contributed by atoms with E-state index in [1.165, 1.54) is 0 Å². The van der Waals surface area contributed by atoms with Crippen LogP contribution in [0.15, 0.2) is 12.1 Å². The van der Waals surface area contributed by atoms with Gasteiger partial charge >= 0.3 is 0 Å². The van der Waals surface area contributed by atoms with Gasteiger partial charge in [0, 0.05) is 26.1 Å². The number of rotatable bonds is 2. The third-order valence-electron chi connectivity index (χ3n) is 5.29. The fourth-order valence-electron chi connectivity index (χ4n) is 4.12. The Labute approximate surface area is 136 Å². The SMILES string of the molecule is Cc1cc(ON)cc(C)c1C1C(=O)CC2(CCOCC2)CC1=O. The van der Waals surface area contributed by atoms with Gasteiger partial charge in [0.1, 0.15) is 23.2 Å². The first-order valence-corrected chi connectivity index (χ1v) is 8.07. The van der Waals surface area contributed by atoms with Crippen LogP contribution in [-0.4, -0.2) is 24.8 Å². The van der Waals surface area contributed by atoms with Crippen LogP contribution in [-0.2, 0) is 14.3 Å². The molecule has 0 aromatic heterocycles. The molecule has 1 aromatic rings. The molecule has 5 nitrogen and oxygen atoms in total. The number of aryl methyl sites for hydroxylation is 2. The van der Waals surface area contributed by atoms with Crippen LogP contribution in [0.5, 0.6) is 5.75 Å². The molecule has 23 heavy (non-hydrogen) atoms. The summed E-state index contributed by atoms with van der Waals surface area (Å²) in [7, 11) is 0. The van der Waals surface area contributed by atoms with E-state index in [1.807, 2.05) is 13.8 Å². The second kappa shape index (κ2) is 6.06. The number of nitrogens with two attached hydrogens (primary N) is 1. The molecule has 1 aliphatic carbocycles. The molecule has 0 radical (unpaired) electrons. The molecule has 0 unspecified atom stereocenters. The molecule has 0 bridgehead atoms. The lowest BCUT2D eigenvalue weighted by Gasteiger charge is -2.41. The summed E-state index contributed by atoms with van der Waals surface area (Å²) in [6, 6.07) is 3.56. The van der Waals surface area contributed by atoms with Crippen molar-refractivity contribution in [3.63, 3.8) is 0 Å². The van der Waals surface area contributed by atoms with E-state index in [2.05, 4.69) is 0 Å². The predicted octanol–water partition coefficient (Wildman–Crippen LogP) is 2.37. The molecule has 0 amide bonds. The van der Waals surface area contributed by atoms with Gasteiger partial charge in [0.05, 0.1) is 0 Å². The number of ether oxygens (including phenoxy) is 1. The topological polar surface area (TPSA) is 78.6 Å². The molecule has 2 aliphatic rings. The Bertz CT molecular complexity index is 603. The second-order valence-electron chi connectivity index (χ2n) is 6.92. The standard InChI is InChI=1S/C18H23NO4/c1-11-7-13(23-19)8-12(2)16(11)17-14(20)9-18(10-15(17)21)3-5-22-6-4-18/h7-8,17H,3-6,9-10,19H2,1-2H3. The lowest BCUT2D eigenvalue weighted by molar-refractivity contribution is -0.139. The first-order valence-electron chi connectivity index (χ1n) is 8.07. The Kier molecular flexibility index (Phi) is 4.25. The molecule has 1 spiro atoms. The van der Waals surface area contributed by atoms with Crippen molar-refractivity contribution in [1.82, 2.24) is 0 Å². The first-order chi connectivity index (χ1) is 11.0. The third kappa shape index (κ3) is 2.91. The maximum Gasteiger partial charge on any atom is 0.148 e. The monoisotopic (exact) mass is 317 g/mol. The molecule has 1 heterocycles. The van der Waals surface area contributed by atoms with Crippen LogP contribution >= 0.6 is 0 Å². The van der Waals surface area contributed by atoms with E-state index in [0.29, 0.717) is 31.8 Å². The second-order valence-corrected chi connectivity index (χ2v) is 6.92. The highest BCUT2D eigenvalue weighted by Gasteiger charge is 2.46. The Balaban J connectivity index is 1.93. The minimum atomic E-state index is -0.643. The van der Waals surface area contributed by atoms with Gasteiger partial charge in [0.2, 0.25) is 0 Å². The van der Waals surface area contributed by atoms with Crippen LogP contribution in [0.1, 0.15) is 48.3 Å². The summed E-state index contributed by atoms with van der Waals surface area (Å²) in [5.41, 5.74) is 2.40. The van der Waals surface area contributed by atoms with E-state index >= 15 is 0 Å². The van der Waals surface area contributed by atoms with Crippen LogP contribution in [0.4, 0.5) is 0 Å². The zero-order valence-electron chi connectivity index (χ0n) is 13.7. The van der Waals surface area contributed by atoms with E-state index in [9.17, 15) is 9.59 Å². The van der Waals surface area contributed by atoms with Crippen molar-refractivity contribution in [1.29, 1.82) is 0 Å². The Morgan fingerprint density at radius 1 is 1.09 bits per heavy atom. The van der Waals surface area contributed by atoms with E-state index < -0.39 is 5.92 Å². The molecule has 2 N–H and O–H groups in total. The Morgan fingerprint density at radius 2 is 1.61 bits per heavy atom. The van der Waals surface area contributed by atoms with E-state index in [0.717, 1.165) is 29.5 Å². The zero-order chi connectivity index (χ0) is 16.6. The molecule has 1 aromatic carbocycles. The lowest BCUT2D eigenvalue weighted by Crippen LogP contribution is -2.42. The summed E-state index contributed by atoms with van der Waals surface area (Å²) in [5, 5.41) is 0. The van der Waals surface area contributed by atoms with E-state index in [-0.39, 0.29) is 17.0 Å². The highest BCUT2D eigenvalue weighted by molar-refractivity contribution is 6.10. The fraction of sp³-hybridized carbons (Fsp3) is 0.556. The van der Waals surface area contributed by atoms with Gasteiger partial charge in [-0.15, -0.1) is 0 Å². The predicted molar refractivity (Wildman–Crippen MR) is 85.2 cm³/mol. The van der Waals surface area contributed by atoms with Crippen molar-refractivity contribution >= 4 is 11.6 Å². The molecule has 3 rings (SSSR count). The molecular formula is C18H23NO4. The lowest BCUT2D eigenvalue weighted by atomic mass is 9.63. The van der Waals surface area contributed by atoms with Gasteiger partial charge in [-0.3, -0.25) is 9.59 Å². The van der Waals surface area contributed by atoms with Crippen molar-refractivity contribution in [2.24, 2.45) is 11.3 Å². The number of Topliss-reactive ketones (excluding diaryl/α,β-unsaturated/α-hetero) is 2. The van der Waals surface area contributed by atoms with Crippen molar-refractivity contribution in [3.8, 4) is 5.75 Å². The summed E-state index contributed by atoms with van der Waals surface area (Å²) in [6.45, 7) is 5.08. The normalized spacial score (nSPS) is 21.7. The number of carbonyl (C=O) groups is 2. The van der Waals surface area contributed by atoms with Crippen LogP contribution in [0.25, 0.3) is 0 Å². The average Bonchev–Trinajstić information content (AvgIpc) is 2.49. The molecule has 1 aliphatic heterocycles. The first kappa shape index (κ1) is 16.1. The molecular weight excluding hydrogens is 294 g/mol. The third-order valence-corrected chi connectivity index (χ3v) is 5.29. The summed E-state index contributed by atoms with van der Waals surface area (Å²) in [5.74, 6) is 5.19. The highest BCUT2D eigenvalue weighted by Crippen LogP contribution is 2.46. The van der Waals surface area contributed by atoms with Crippen LogP contribution < -0.4 is 10.7 Å². The van der Waals surface area contributed by atoms with E-state index in [1.54, 1.807) is 12.1 Å². The number of hydrogen-bond donors (Lipinski definition) is 1. The van der Waals surface area contributed by atoms with Crippen LogP contribution in [0.2, 0.25) is 0 Å². The molecule has 1 saturated carbocycles. The molecule has 2 fully saturated rings. The van der Waals surface area contributed by atoms with Gasteiger partial charge in [0.15, 0.2) is 0 Å². The average molecular weight is 317 g/mol. The minimum Gasteiger partial charge on any atom is -0.412 e. The summed E-state index contributed by atoms with van der Waals surface area (Å²) < 4.78 is 5.39. The summed E-state index contributed by atoms with van der Waals surface area (Å²) in [6.07, 6.45) is 2.55. The summed E-state index contributed by atoms with van der Waals surface area (Å²) in [4.78, 5) is 30.4.